The summed E-state index contributed by atoms with van der Waals surface area (Å²) >= 11 is 0. The molecule has 1 unspecified atom stereocenters. The van der Waals surface area contributed by atoms with E-state index >= 15 is 0 Å². The lowest BCUT2D eigenvalue weighted by Gasteiger charge is -2.28. The predicted octanol–water partition coefficient (Wildman–Crippen LogP) is 2.81. The van der Waals surface area contributed by atoms with E-state index < -0.39 is 45.0 Å². The van der Waals surface area contributed by atoms with Gasteiger partial charge in [0.1, 0.15) is 23.2 Å². The number of nitrogens with zero attached hydrogens (tertiary/aromatic N) is 1. The summed E-state index contributed by atoms with van der Waals surface area (Å²) in [5, 5.41) is 12.7. The second-order valence-corrected chi connectivity index (χ2v) is 5.99. The van der Waals surface area contributed by atoms with Crippen molar-refractivity contribution in [3.05, 3.63) is 39.4 Å². The van der Waals surface area contributed by atoms with Crippen molar-refractivity contribution in [3.8, 4) is 0 Å². The number of nitro groups is 1. The summed E-state index contributed by atoms with van der Waals surface area (Å²) in [6, 6.07) is 0.850. The second-order valence-electron chi connectivity index (χ2n) is 5.99. The average molecular weight is 330 g/mol. The van der Waals surface area contributed by atoms with Crippen LogP contribution >= 0.6 is 0 Å². The molecule has 0 bridgehead atoms. The molecule has 0 aromatic heterocycles. The number of aldehydes is 1. The van der Waals surface area contributed by atoms with Gasteiger partial charge in [0, 0.05) is 5.56 Å². The third-order valence-corrected chi connectivity index (χ3v) is 2.79. The third-order valence-electron chi connectivity index (χ3n) is 2.79. The van der Waals surface area contributed by atoms with Crippen molar-refractivity contribution < 1.29 is 28.0 Å². The fourth-order valence-corrected chi connectivity index (χ4v) is 1.75. The normalized spacial score (nSPS) is 13.8. The quantitative estimate of drug-likeness (QED) is 0.520. The number of hydrogen-bond acceptors (Lipinski definition) is 5. The molecule has 126 valence electrons. The summed E-state index contributed by atoms with van der Waals surface area (Å²) < 4.78 is 32.7. The first-order valence-corrected chi connectivity index (χ1v) is 6.51. The molecule has 1 N–H and O–H groups in total. The lowest BCUT2D eigenvalue weighted by molar-refractivity contribution is -0.387. The van der Waals surface area contributed by atoms with Gasteiger partial charge in [-0.1, -0.05) is 0 Å². The van der Waals surface area contributed by atoms with Gasteiger partial charge in [0.15, 0.2) is 0 Å². The van der Waals surface area contributed by atoms with E-state index in [2.05, 4.69) is 5.32 Å². The summed E-state index contributed by atoms with van der Waals surface area (Å²) in [4.78, 5) is 32.6. The summed E-state index contributed by atoms with van der Waals surface area (Å²) in [5.41, 5.74) is -4.45. The largest absolute Gasteiger partial charge is 0.444 e. The minimum absolute atomic E-state index is 0.181. The number of halogens is 2. The molecule has 1 aromatic carbocycles. The van der Waals surface area contributed by atoms with E-state index in [-0.39, 0.29) is 6.29 Å². The molecule has 23 heavy (non-hydrogen) atoms. The maximum atomic E-state index is 14.0. The van der Waals surface area contributed by atoms with Gasteiger partial charge in [-0.2, -0.15) is 4.39 Å². The second kappa shape index (κ2) is 6.27. The highest BCUT2D eigenvalue weighted by Crippen LogP contribution is 2.28. The van der Waals surface area contributed by atoms with Crippen molar-refractivity contribution in [1.82, 2.24) is 5.32 Å². The molecule has 7 nitrogen and oxygen atoms in total. The molecule has 0 saturated heterocycles. The fraction of sp³-hybridized carbons (Fsp3) is 0.429. The topological polar surface area (TPSA) is 98.5 Å². The Morgan fingerprint density at radius 2 is 1.83 bits per heavy atom. The lowest BCUT2D eigenvalue weighted by atomic mass is 9.92. The average Bonchev–Trinajstić information content (AvgIpc) is 2.38. The van der Waals surface area contributed by atoms with E-state index in [1.807, 2.05) is 0 Å². The molecule has 1 aromatic rings. The van der Waals surface area contributed by atoms with Gasteiger partial charge in [-0.15, -0.1) is 0 Å². The standard InChI is InChI=1S/C14H16F2N2O5/c1-13(2,3)23-12(20)17-14(4,7-19)8-5-10(16)11(18(21)22)6-9(8)15/h5-7H,1-4H3,(H,17,20). The number of carbonyl (C=O) groups excluding carboxylic acids is 2. The SMILES string of the molecule is CC(C)(C)OC(=O)NC(C)(C=O)c1cc(F)c([N+](=O)[O-])cc1F. The summed E-state index contributed by atoms with van der Waals surface area (Å²) in [5.74, 6) is -2.53. The molecular weight excluding hydrogens is 314 g/mol. The van der Waals surface area contributed by atoms with Crippen LogP contribution in [0.1, 0.15) is 33.3 Å². The minimum Gasteiger partial charge on any atom is -0.444 e. The van der Waals surface area contributed by atoms with Crippen LogP contribution < -0.4 is 5.32 Å². The third kappa shape index (κ3) is 4.44. The van der Waals surface area contributed by atoms with Gasteiger partial charge < -0.3 is 14.8 Å². The molecule has 1 amide bonds. The zero-order chi connectivity index (χ0) is 18.0. The van der Waals surface area contributed by atoms with Gasteiger partial charge in [-0.3, -0.25) is 10.1 Å². The zero-order valence-corrected chi connectivity index (χ0v) is 13.0. The monoisotopic (exact) mass is 330 g/mol. The van der Waals surface area contributed by atoms with Crippen molar-refractivity contribution in [2.24, 2.45) is 0 Å². The summed E-state index contributed by atoms with van der Waals surface area (Å²) in [6.45, 7) is 5.86. The zero-order valence-electron chi connectivity index (χ0n) is 13.0. The number of nitrogens with one attached hydrogen (secondary N) is 1. The van der Waals surface area contributed by atoms with E-state index in [1.54, 1.807) is 20.8 Å². The van der Waals surface area contributed by atoms with Crippen LogP contribution in [0.3, 0.4) is 0 Å². The number of amides is 1. The highest BCUT2D eigenvalue weighted by atomic mass is 19.1. The van der Waals surface area contributed by atoms with Crippen LogP contribution in [0.4, 0.5) is 19.3 Å². The Bertz CT molecular complexity index is 657. The Morgan fingerprint density at radius 1 is 1.26 bits per heavy atom. The van der Waals surface area contributed by atoms with Crippen LogP contribution in [0.2, 0.25) is 0 Å². The first-order chi connectivity index (χ1) is 10.4. The first-order valence-electron chi connectivity index (χ1n) is 6.51. The molecule has 9 heteroatoms. The van der Waals surface area contributed by atoms with E-state index in [0.29, 0.717) is 12.1 Å². The molecule has 0 spiro atoms. The van der Waals surface area contributed by atoms with Gasteiger partial charge >= 0.3 is 11.8 Å². The van der Waals surface area contributed by atoms with Gasteiger partial charge in [-0.25, -0.2) is 9.18 Å². The molecule has 0 saturated carbocycles. The molecule has 0 aliphatic heterocycles. The Hall–Kier alpha value is -2.58. The Kier molecular flexibility index (Phi) is 5.03. The van der Waals surface area contributed by atoms with Crippen LogP contribution in [0.15, 0.2) is 12.1 Å². The van der Waals surface area contributed by atoms with E-state index in [0.717, 1.165) is 6.92 Å². The van der Waals surface area contributed by atoms with E-state index in [1.165, 1.54) is 0 Å². The van der Waals surface area contributed by atoms with Gasteiger partial charge in [0.05, 0.1) is 11.0 Å². The van der Waals surface area contributed by atoms with Crippen molar-refractivity contribution in [2.75, 3.05) is 0 Å². The number of hydrogen-bond donors (Lipinski definition) is 1. The van der Waals surface area contributed by atoms with Crippen LogP contribution in [-0.2, 0) is 15.1 Å². The van der Waals surface area contributed by atoms with Gasteiger partial charge in [-0.05, 0) is 33.8 Å². The van der Waals surface area contributed by atoms with Gasteiger partial charge in [0.25, 0.3) is 0 Å². The van der Waals surface area contributed by atoms with Crippen molar-refractivity contribution in [3.63, 3.8) is 0 Å². The highest BCUT2D eigenvalue weighted by molar-refractivity contribution is 5.78. The molecule has 0 fully saturated rings. The molecule has 0 aliphatic carbocycles. The summed E-state index contributed by atoms with van der Waals surface area (Å²) in [7, 11) is 0. The molecule has 0 aliphatic rings. The smallest absolute Gasteiger partial charge is 0.408 e. The minimum atomic E-state index is -1.96. The van der Waals surface area contributed by atoms with E-state index in [4.69, 9.17) is 4.74 Å². The lowest BCUT2D eigenvalue weighted by Crippen LogP contribution is -2.47. The number of carbonyl (C=O) groups is 2. The first kappa shape index (κ1) is 18.5. The molecule has 1 rings (SSSR count). The van der Waals surface area contributed by atoms with Crippen LogP contribution in [0, 0.1) is 21.7 Å². The Balaban J connectivity index is 3.23. The Morgan fingerprint density at radius 3 is 2.26 bits per heavy atom. The van der Waals surface area contributed by atoms with Crippen LogP contribution in [-0.4, -0.2) is 22.9 Å². The van der Waals surface area contributed by atoms with Crippen molar-refractivity contribution >= 4 is 18.1 Å². The number of nitro benzene ring substituents is 1. The van der Waals surface area contributed by atoms with Crippen LogP contribution in [0.25, 0.3) is 0 Å². The van der Waals surface area contributed by atoms with Crippen molar-refractivity contribution in [1.29, 1.82) is 0 Å². The maximum absolute atomic E-state index is 14.0. The maximum Gasteiger partial charge on any atom is 0.408 e. The Labute approximate surface area is 130 Å². The molecule has 1 atom stereocenters. The number of rotatable bonds is 4. The number of ether oxygens (including phenoxy) is 1. The highest BCUT2D eigenvalue weighted by Gasteiger charge is 2.35. The number of benzene rings is 1. The van der Waals surface area contributed by atoms with E-state index in [9.17, 15) is 28.5 Å². The number of alkyl carbamates (subject to hydrolysis) is 1. The molecule has 0 heterocycles. The summed E-state index contributed by atoms with van der Waals surface area (Å²) in [6.07, 6.45) is -0.842. The fourth-order valence-electron chi connectivity index (χ4n) is 1.75. The van der Waals surface area contributed by atoms with Crippen LogP contribution in [0.5, 0.6) is 0 Å². The van der Waals surface area contributed by atoms with Gasteiger partial charge in [0.2, 0.25) is 5.82 Å². The molecule has 0 radical (unpaired) electrons. The predicted molar refractivity (Wildman–Crippen MR) is 75.8 cm³/mol. The molecular formula is C14H16F2N2O5. The van der Waals surface area contributed by atoms with Crippen molar-refractivity contribution in [2.45, 2.75) is 38.8 Å².